The number of anilines is 3. The second-order valence-corrected chi connectivity index (χ2v) is 10.4. The van der Waals surface area contributed by atoms with Crippen molar-refractivity contribution in [2.75, 3.05) is 28.0 Å². The minimum atomic E-state index is -3.41. The van der Waals surface area contributed by atoms with Crippen LogP contribution in [0.15, 0.2) is 36.4 Å². The minimum Gasteiger partial charge on any atom is -0.381 e. The van der Waals surface area contributed by atoms with Crippen molar-refractivity contribution in [2.24, 2.45) is 0 Å². The van der Waals surface area contributed by atoms with Crippen molar-refractivity contribution in [3.8, 4) is 0 Å². The lowest BCUT2D eigenvalue weighted by Gasteiger charge is -2.37. The predicted molar refractivity (Wildman–Crippen MR) is 120 cm³/mol. The van der Waals surface area contributed by atoms with Crippen molar-refractivity contribution in [2.45, 2.75) is 51.7 Å². The van der Waals surface area contributed by atoms with E-state index >= 15 is 0 Å². The molecular formula is C22H29F2N3O3S. The van der Waals surface area contributed by atoms with E-state index < -0.39 is 26.9 Å². The van der Waals surface area contributed by atoms with Gasteiger partial charge in [0.25, 0.3) is 0 Å². The van der Waals surface area contributed by atoms with Crippen molar-refractivity contribution in [3.63, 3.8) is 0 Å². The molecule has 0 radical (unpaired) electrons. The number of rotatable bonds is 7. The molecule has 6 nitrogen and oxygen atoms in total. The van der Waals surface area contributed by atoms with Gasteiger partial charge in [-0.1, -0.05) is 12.1 Å². The van der Waals surface area contributed by atoms with Crippen LogP contribution in [0.5, 0.6) is 0 Å². The van der Waals surface area contributed by atoms with Crippen LogP contribution >= 0.6 is 0 Å². The van der Waals surface area contributed by atoms with E-state index in [0.717, 1.165) is 5.56 Å². The minimum absolute atomic E-state index is 0.0330. The topological polar surface area (TPSA) is 70.7 Å². The second kappa shape index (κ2) is 9.40. The zero-order valence-electron chi connectivity index (χ0n) is 18.2. The Hall–Kier alpha value is -2.39. The van der Waals surface area contributed by atoms with Crippen molar-refractivity contribution in [1.29, 1.82) is 0 Å². The zero-order chi connectivity index (χ0) is 22.8. The fourth-order valence-electron chi connectivity index (χ4n) is 3.51. The summed E-state index contributed by atoms with van der Waals surface area (Å²) < 4.78 is 61.5. The van der Waals surface area contributed by atoms with E-state index in [4.69, 9.17) is 4.74 Å². The fraction of sp³-hybridized carbons (Fsp3) is 0.455. The van der Waals surface area contributed by atoms with Gasteiger partial charge in [-0.2, -0.15) is 0 Å². The number of morpholine rings is 1. The average molecular weight is 454 g/mol. The molecule has 0 aliphatic carbocycles. The van der Waals surface area contributed by atoms with Gasteiger partial charge in [0.05, 0.1) is 17.5 Å². The molecule has 1 fully saturated rings. The van der Waals surface area contributed by atoms with Gasteiger partial charge >= 0.3 is 0 Å². The number of sulfonamides is 1. The lowest BCUT2D eigenvalue weighted by atomic mass is 10.1. The van der Waals surface area contributed by atoms with E-state index in [1.807, 2.05) is 13.8 Å². The molecule has 0 spiro atoms. The normalized spacial score (nSPS) is 19.5. The maximum absolute atomic E-state index is 14.7. The Morgan fingerprint density at radius 1 is 1.03 bits per heavy atom. The smallest absolute Gasteiger partial charge is 0.235 e. The molecule has 0 bridgehead atoms. The monoisotopic (exact) mass is 453 g/mol. The molecule has 1 aliphatic heterocycles. The molecule has 2 atom stereocenters. The summed E-state index contributed by atoms with van der Waals surface area (Å²) in [4.78, 5) is 1.68. The van der Waals surface area contributed by atoms with Gasteiger partial charge in [0, 0.05) is 31.0 Å². The molecule has 31 heavy (non-hydrogen) atoms. The molecule has 170 valence electrons. The molecule has 1 heterocycles. The van der Waals surface area contributed by atoms with Gasteiger partial charge in [0.15, 0.2) is 11.6 Å². The molecule has 2 aromatic carbocycles. The summed E-state index contributed by atoms with van der Waals surface area (Å²) >= 11 is 0. The van der Waals surface area contributed by atoms with Crippen LogP contribution in [0, 0.1) is 11.6 Å². The molecule has 1 aliphatic rings. The summed E-state index contributed by atoms with van der Waals surface area (Å²) in [5.74, 6) is -1.25. The lowest BCUT2D eigenvalue weighted by Crippen LogP contribution is -2.46. The third-order valence-electron chi connectivity index (χ3n) is 5.08. The molecule has 1 saturated heterocycles. The van der Waals surface area contributed by atoms with Crippen LogP contribution in [0.25, 0.3) is 0 Å². The third kappa shape index (κ3) is 5.86. The third-order valence-corrected chi connectivity index (χ3v) is 6.85. The maximum Gasteiger partial charge on any atom is 0.235 e. The summed E-state index contributed by atoms with van der Waals surface area (Å²) in [7, 11) is -3.41. The Labute approximate surface area is 182 Å². The zero-order valence-corrected chi connectivity index (χ0v) is 19.0. The first kappa shape index (κ1) is 23.3. The highest BCUT2D eigenvalue weighted by atomic mass is 32.2. The number of hydrogen-bond acceptors (Lipinski definition) is 5. The predicted octanol–water partition coefficient (Wildman–Crippen LogP) is 4.34. The highest BCUT2D eigenvalue weighted by Gasteiger charge is 2.27. The van der Waals surface area contributed by atoms with E-state index in [-0.39, 0.29) is 17.9 Å². The van der Waals surface area contributed by atoms with Crippen LogP contribution in [0.3, 0.4) is 0 Å². The number of nitrogens with one attached hydrogen (secondary N) is 2. The van der Waals surface area contributed by atoms with Crippen molar-refractivity contribution in [1.82, 2.24) is 0 Å². The Morgan fingerprint density at radius 2 is 1.58 bits per heavy atom. The van der Waals surface area contributed by atoms with Gasteiger partial charge < -0.3 is 15.0 Å². The molecule has 2 aromatic rings. The summed E-state index contributed by atoms with van der Waals surface area (Å²) in [6, 6.07) is 9.39. The van der Waals surface area contributed by atoms with Gasteiger partial charge in [-0.3, -0.25) is 4.72 Å². The Balaban J connectivity index is 1.66. The highest BCUT2D eigenvalue weighted by molar-refractivity contribution is 7.93. The van der Waals surface area contributed by atoms with E-state index in [2.05, 4.69) is 10.0 Å². The fourth-order valence-corrected chi connectivity index (χ4v) is 4.21. The first-order valence-electron chi connectivity index (χ1n) is 10.3. The second-order valence-electron chi connectivity index (χ2n) is 8.20. The van der Waals surface area contributed by atoms with Gasteiger partial charge in [0.2, 0.25) is 10.0 Å². The SMILES string of the molecule is CC(C)S(=O)(=O)Nc1ccc(CNc2cc(F)c(N3C[C@@H](C)O[C@@H](C)C3)c(F)c2)cc1. The van der Waals surface area contributed by atoms with Crippen LogP contribution in [-0.2, 0) is 21.3 Å². The summed E-state index contributed by atoms with van der Waals surface area (Å²) in [5.41, 5.74) is 1.60. The molecular weight excluding hydrogens is 424 g/mol. The van der Waals surface area contributed by atoms with Crippen molar-refractivity contribution in [3.05, 3.63) is 53.6 Å². The number of ether oxygens (including phenoxy) is 1. The molecule has 0 unspecified atom stereocenters. The summed E-state index contributed by atoms with van der Waals surface area (Å²) in [6.45, 7) is 8.16. The van der Waals surface area contributed by atoms with Gasteiger partial charge in [-0.25, -0.2) is 17.2 Å². The molecule has 9 heteroatoms. The van der Waals surface area contributed by atoms with Crippen LogP contribution in [0.4, 0.5) is 25.8 Å². The maximum atomic E-state index is 14.7. The quantitative estimate of drug-likeness (QED) is 0.653. The van der Waals surface area contributed by atoms with Crippen molar-refractivity contribution >= 4 is 27.1 Å². The van der Waals surface area contributed by atoms with Crippen LogP contribution in [-0.4, -0.2) is 39.0 Å². The first-order valence-corrected chi connectivity index (χ1v) is 11.8. The number of nitrogens with zero attached hydrogens (tertiary/aromatic N) is 1. The van der Waals surface area contributed by atoms with Crippen molar-refractivity contribution < 1.29 is 21.9 Å². The number of hydrogen-bond donors (Lipinski definition) is 2. The van der Waals surface area contributed by atoms with Gasteiger partial charge in [-0.15, -0.1) is 0 Å². The molecule has 3 rings (SSSR count). The molecule has 0 saturated carbocycles. The standard InChI is InChI=1S/C22H29F2N3O3S/c1-14(2)31(28,29)26-18-7-5-17(6-8-18)11-25-19-9-20(23)22(21(24)10-19)27-12-15(3)30-16(4)13-27/h5-10,14-16,25-26H,11-13H2,1-4H3/t15-,16+. The van der Waals surface area contributed by atoms with E-state index in [9.17, 15) is 17.2 Å². The Bertz CT molecular complexity index is 980. The highest BCUT2D eigenvalue weighted by Crippen LogP contribution is 2.30. The van der Waals surface area contributed by atoms with Gasteiger partial charge in [0.1, 0.15) is 5.69 Å². The van der Waals surface area contributed by atoms with E-state index in [0.29, 0.717) is 31.0 Å². The summed E-state index contributed by atoms with van der Waals surface area (Å²) in [6.07, 6.45) is -0.207. The van der Waals surface area contributed by atoms with Crippen LogP contribution < -0.4 is 14.9 Å². The van der Waals surface area contributed by atoms with Crippen LogP contribution in [0.1, 0.15) is 33.3 Å². The van der Waals surface area contributed by atoms with E-state index in [1.165, 1.54) is 12.1 Å². The van der Waals surface area contributed by atoms with Gasteiger partial charge in [-0.05, 0) is 57.5 Å². The Kier molecular flexibility index (Phi) is 7.06. The largest absolute Gasteiger partial charge is 0.381 e. The van der Waals surface area contributed by atoms with Crippen LogP contribution in [0.2, 0.25) is 0 Å². The summed E-state index contributed by atoms with van der Waals surface area (Å²) in [5, 5.41) is 2.48. The Morgan fingerprint density at radius 3 is 2.10 bits per heavy atom. The van der Waals surface area contributed by atoms with E-state index in [1.54, 1.807) is 43.0 Å². The number of benzene rings is 2. The molecule has 0 amide bonds. The molecule has 2 N–H and O–H groups in total. The number of halogens is 2. The lowest BCUT2D eigenvalue weighted by molar-refractivity contribution is -0.00557. The molecule has 0 aromatic heterocycles. The average Bonchev–Trinajstić information content (AvgIpc) is 2.66. The first-order chi connectivity index (χ1) is 14.5.